The summed E-state index contributed by atoms with van der Waals surface area (Å²) in [5, 5.41) is 10.6. The van der Waals surface area contributed by atoms with Crippen molar-refractivity contribution >= 4 is 17.5 Å². The predicted molar refractivity (Wildman–Crippen MR) is 133 cm³/mol. The third-order valence-corrected chi connectivity index (χ3v) is 5.04. The van der Waals surface area contributed by atoms with Gasteiger partial charge in [-0.15, -0.1) is 0 Å². The van der Waals surface area contributed by atoms with Crippen LogP contribution in [0.15, 0.2) is 55.0 Å². The fourth-order valence-electron chi connectivity index (χ4n) is 3.18. The van der Waals surface area contributed by atoms with Crippen LogP contribution >= 0.6 is 0 Å². The largest absolute Gasteiger partial charge is 0.352 e. The van der Waals surface area contributed by atoms with Crippen LogP contribution in [-0.2, 0) is 11.2 Å². The van der Waals surface area contributed by atoms with Crippen molar-refractivity contribution < 1.29 is 4.79 Å². The fraction of sp³-hybridized carbons (Fsp3) is 0.360. The Balaban J connectivity index is 1.56. The van der Waals surface area contributed by atoms with Crippen molar-refractivity contribution in [3.8, 4) is 11.3 Å². The Morgan fingerprint density at radius 1 is 1.18 bits per heavy atom. The lowest BCUT2D eigenvalue weighted by molar-refractivity contribution is -0.116. The Labute approximate surface area is 195 Å². The third kappa shape index (κ3) is 7.25. The number of rotatable bonds is 10. The molecular weight excluding hydrogens is 414 g/mol. The van der Waals surface area contributed by atoms with E-state index in [9.17, 15) is 4.79 Å². The molecule has 0 radical (unpaired) electrons. The number of hydrogen-bond donors (Lipinski definition) is 2. The smallest absolute Gasteiger partial charge is 0.243 e. The first-order valence-electron chi connectivity index (χ1n) is 11.1. The number of nitrogens with zero attached hydrogens (tertiary/aromatic N) is 5. The van der Waals surface area contributed by atoms with Crippen molar-refractivity contribution in [2.24, 2.45) is 0 Å². The molecule has 0 saturated heterocycles. The number of hydrogen-bond acceptors (Lipinski definition) is 6. The lowest BCUT2D eigenvalue weighted by Crippen LogP contribution is -2.24. The van der Waals surface area contributed by atoms with E-state index in [4.69, 9.17) is 4.98 Å². The molecule has 0 aliphatic heterocycles. The molecular formula is C25H33N7O. The van der Waals surface area contributed by atoms with Gasteiger partial charge in [0.1, 0.15) is 0 Å². The maximum atomic E-state index is 11.8. The minimum atomic E-state index is -0.0681. The number of carbonyl (C=O) groups excluding carboxylic acids is 1. The molecule has 33 heavy (non-hydrogen) atoms. The van der Waals surface area contributed by atoms with Gasteiger partial charge in [-0.05, 0) is 64.5 Å². The molecule has 1 aromatic carbocycles. The number of likely N-dealkylation sites (N-methyl/N-ethyl adjacent to an activating group) is 1. The Bertz CT molecular complexity index is 1080. The van der Waals surface area contributed by atoms with Crippen LogP contribution in [-0.4, -0.2) is 57.7 Å². The van der Waals surface area contributed by atoms with Crippen LogP contribution in [0.4, 0.5) is 11.6 Å². The van der Waals surface area contributed by atoms with E-state index in [0.29, 0.717) is 18.5 Å². The molecule has 0 aliphatic rings. The van der Waals surface area contributed by atoms with Crippen LogP contribution in [0.25, 0.3) is 11.3 Å². The SMILES string of the molecule is Cc1cnc(Nc2ccc(CCNC(=O)/C=C/CN(C)C)cc2)nc1-c1cnn(C(C)C)c1. The van der Waals surface area contributed by atoms with Gasteiger partial charge < -0.3 is 15.5 Å². The Morgan fingerprint density at radius 2 is 1.94 bits per heavy atom. The van der Waals surface area contributed by atoms with Gasteiger partial charge >= 0.3 is 0 Å². The first-order chi connectivity index (χ1) is 15.8. The first kappa shape index (κ1) is 24.1. The molecule has 3 rings (SSSR count). The molecule has 3 aromatic rings. The van der Waals surface area contributed by atoms with Crippen LogP contribution in [0.3, 0.4) is 0 Å². The van der Waals surface area contributed by atoms with E-state index in [1.807, 2.05) is 79.5 Å². The number of aryl methyl sites for hydroxylation is 1. The first-order valence-corrected chi connectivity index (χ1v) is 11.1. The number of amides is 1. The van der Waals surface area contributed by atoms with Crippen molar-refractivity contribution in [2.75, 3.05) is 32.5 Å². The molecule has 8 nitrogen and oxygen atoms in total. The standard InChI is InChI=1S/C25H33N7O/c1-18(2)32-17-21(16-28-32)24-19(3)15-27-25(30-24)29-22-10-8-20(9-11-22)12-13-26-23(33)7-6-14-31(4)5/h6-11,15-18H,12-14H2,1-5H3,(H,26,33)(H,27,29,30)/b7-6+. The second kappa shape index (κ2) is 11.4. The van der Waals surface area contributed by atoms with Crippen molar-refractivity contribution in [3.05, 3.63) is 66.1 Å². The van der Waals surface area contributed by atoms with E-state index in [1.54, 1.807) is 6.08 Å². The monoisotopic (exact) mass is 447 g/mol. The molecule has 2 heterocycles. The number of benzene rings is 1. The van der Waals surface area contributed by atoms with Crippen LogP contribution in [0.1, 0.15) is 31.0 Å². The predicted octanol–water partition coefficient (Wildman–Crippen LogP) is 3.75. The summed E-state index contributed by atoms with van der Waals surface area (Å²) >= 11 is 0. The molecule has 0 saturated carbocycles. The van der Waals surface area contributed by atoms with Crippen molar-refractivity contribution in [1.29, 1.82) is 0 Å². The summed E-state index contributed by atoms with van der Waals surface area (Å²) in [7, 11) is 3.93. The molecule has 0 fully saturated rings. The van der Waals surface area contributed by atoms with Gasteiger partial charge in [0.15, 0.2) is 0 Å². The van der Waals surface area contributed by atoms with E-state index in [2.05, 4.69) is 34.6 Å². The van der Waals surface area contributed by atoms with Gasteiger partial charge in [-0.3, -0.25) is 9.48 Å². The van der Waals surface area contributed by atoms with Crippen LogP contribution in [0.2, 0.25) is 0 Å². The highest BCUT2D eigenvalue weighted by Gasteiger charge is 2.10. The van der Waals surface area contributed by atoms with E-state index in [1.165, 1.54) is 0 Å². The van der Waals surface area contributed by atoms with Crippen LogP contribution in [0.5, 0.6) is 0 Å². The van der Waals surface area contributed by atoms with Crippen molar-refractivity contribution in [3.63, 3.8) is 0 Å². The molecule has 2 aromatic heterocycles. The molecule has 0 atom stereocenters. The van der Waals surface area contributed by atoms with Crippen molar-refractivity contribution in [1.82, 2.24) is 30.0 Å². The van der Waals surface area contributed by atoms with Crippen molar-refractivity contribution in [2.45, 2.75) is 33.2 Å². The normalized spacial score (nSPS) is 11.5. The van der Waals surface area contributed by atoms with E-state index < -0.39 is 0 Å². The fourth-order valence-corrected chi connectivity index (χ4v) is 3.18. The van der Waals surface area contributed by atoms with Crippen LogP contribution in [0, 0.1) is 6.92 Å². The number of carbonyl (C=O) groups is 1. The number of anilines is 2. The van der Waals surface area contributed by atoms with E-state index in [0.717, 1.165) is 41.0 Å². The Morgan fingerprint density at radius 3 is 2.61 bits per heavy atom. The topological polar surface area (TPSA) is 88.0 Å². The molecule has 8 heteroatoms. The summed E-state index contributed by atoms with van der Waals surface area (Å²) in [4.78, 5) is 22.9. The molecule has 0 bridgehead atoms. The molecule has 0 unspecified atom stereocenters. The minimum absolute atomic E-state index is 0.0681. The number of nitrogens with one attached hydrogen (secondary N) is 2. The number of aromatic nitrogens is 4. The highest BCUT2D eigenvalue weighted by molar-refractivity contribution is 5.87. The summed E-state index contributed by atoms with van der Waals surface area (Å²) in [5.74, 6) is 0.471. The van der Waals surface area contributed by atoms with Gasteiger partial charge in [-0.2, -0.15) is 5.10 Å². The lowest BCUT2D eigenvalue weighted by Gasteiger charge is -2.09. The highest BCUT2D eigenvalue weighted by Crippen LogP contribution is 2.23. The molecule has 0 aliphatic carbocycles. The second-order valence-electron chi connectivity index (χ2n) is 8.56. The summed E-state index contributed by atoms with van der Waals surface area (Å²) in [6.45, 7) is 7.52. The lowest BCUT2D eigenvalue weighted by atomic mass is 10.1. The zero-order chi connectivity index (χ0) is 23.8. The zero-order valence-corrected chi connectivity index (χ0v) is 20.0. The summed E-state index contributed by atoms with van der Waals surface area (Å²) in [5.41, 5.74) is 4.89. The van der Waals surface area contributed by atoms with Gasteiger partial charge in [-0.1, -0.05) is 18.2 Å². The summed E-state index contributed by atoms with van der Waals surface area (Å²) < 4.78 is 1.92. The third-order valence-electron chi connectivity index (χ3n) is 5.04. The zero-order valence-electron chi connectivity index (χ0n) is 20.0. The molecule has 2 N–H and O–H groups in total. The second-order valence-corrected chi connectivity index (χ2v) is 8.56. The van der Waals surface area contributed by atoms with Gasteiger partial charge in [0.25, 0.3) is 0 Å². The highest BCUT2D eigenvalue weighted by atomic mass is 16.1. The van der Waals surface area contributed by atoms with E-state index >= 15 is 0 Å². The quantitative estimate of drug-likeness (QED) is 0.460. The molecule has 0 spiro atoms. The Hall–Kier alpha value is -3.52. The van der Waals surface area contributed by atoms with Gasteiger partial charge in [0, 0.05) is 48.9 Å². The summed E-state index contributed by atoms with van der Waals surface area (Å²) in [6.07, 6.45) is 9.86. The maximum absolute atomic E-state index is 11.8. The minimum Gasteiger partial charge on any atom is -0.352 e. The maximum Gasteiger partial charge on any atom is 0.243 e. The van der Waals surface area contributed by atoms with Gasteiger partial charge in [0.05, 0.1) is 11.9 Å². The van der Waals surface area contributed by atoms with Gasteiger partial charge in [0.2, 0.25) is 11.9 Å². The molecule has 174 valence electrons. The average molecular weight is 448 g/mol. The average Bonchev–Trinajstić information content (AvgIpc) is 3.26. The van der Waals surface area contributed by atoms with E-state index in [-0.39, 0.29) is 5.91 Å². The van der Waals surface area contributed by atoms with Gasteiger partial charge in [-0.25, -0.2) is 9.97 Å². The Kier molecular flexibility index (Phi) is 8.32. The molecule has 1 amide bonds. The van der Waals surface area contributed by atoms with Crippen LogP contribution < -0.4 is 10.6 Å². The summed E-state index contributed by atoms with van der Waals surface area (Å²) in [6, 6.07) is 8.36.